The fraction of sp³-hybridized carbons (Fsp3) is 0.812. The van der Waals surface area contributed by atoms with Crippen molar-refractivity contribution in [1.29, 1.82) is 0 Å². The monoisotopic (exact) mass is 264 g/mol. The summed E-state index contributed by atoms with van der Waals surface area (Å²) in [5, 5.41) is 3.41. The van der Waals surface area contributed by atoms with Gasteiger partial charge in [-0.05, 0) is 23.8 Å². The van der Waals surface area contributed by atoms with Crippen LogP contribution in [0, 0.1) is 10.8 Å². The van der Waals surface area contributed by atoms with Crippen LogP contribution in [-0.2, 0) is 6.42 Å². The second-order valence-corrected chi connectivity index (χ2v) is 7.25. The van der Waals surface area contributed by atoms with Crippen LogP contribution in [0.3, 0.4) is 0 Å². The van der Waals surface area contributed by atoms with Crippen LogP contribution in [0.5, 0.6) is 0 Å². The molecule has 1 N–H and O–H groups in total. The first-order valence-electron chi connectivity index (χ1n) is 7.45. The molecule has 0 amide bonds. The van der Waals surface area contributed by atoms with Gasteiger partial charge in [-0.1, -0.05) is 41.5 Å². The summed E-state index contributed by atoms with van der Waals surface area (Å²) in [7, 11) is 0. The summed E-state index contributed by atoms with van der Waals surface area (Å²) in [4.78, 5) is 4.43. The van der Waals surface area contributed by atoms with E-state index in [1.807, 2.05) is 6.20 Å². The van der Waals surface area contributed by atoms with Crippen LogP contribution in [0.4, 0.5) is 0 Å². The third-order valence-electron chi connectivity index (χ3n) is 5.00. The summed E-state index contributed by atoms with van der Waals surface area (Å²) in [6.45, 7) is 14.6. The maximum absolute atomic E-state index is 5.95. The summed E-state index contributed by atoms with van der Waals surface area (Å²) >= 11 is 0. The highest BCUT2D eigenvalue weighted by Gasteiger charge is 2.66. The van der Waals surface area contributed by atoms with Gasteiger partial charge in [0.15, 0.2) is 5.89 Å². The molecule has 0 bridgehead atoms. The van der Waals surface area contributed by atoms with Crippen LogP contribution in [0.1, 0.15) is 65.5 Å². The Kier molecular flexibility index (Phi) is 3.78. The lowest BCUT2D eigenvalue weighted by Gasteiger charge is -2.05. The quantitative estimate of drug-likeness (QED) is 0.795. The first-order chi connectivity index (χ1) is 8.76. The SMILES string of the molecule is CC(C)NCCCc1ncc(C2C(C)(C)C2(C)C)o1. The standard InChI is InChI=1S/C16H28N2O/c1-11(2)17-9-7-8-13-18-10-12(19-13)14-15(3,4)16(14,5)6/h10-11,14,17H,7-9H2,1-6H3. The van der Waals surface area contributed by atoms with Crippen molar-refractivity contribution in [2.75, 3.05) is 6.54 Å². The fourth-order valence-electron chi connectivity index (χ4n) is 3.11. The molecule has 1 aliphatic carbocycles. The van der Waals surface area contributed by atoms with Crippen LogP contribution in [0.2, 0.25) is 0 Å². The van der Waals surface area contributed by atoms with Gasteiger partial charge >= 0.3 is 0 Å². The Hall–Kier alpha value is -0.830. The van der Waals surface area contributed by atoms with Crippen LogP contribution >= 0.6 is 0 Å². The molecule has 0 radical (unpaired) electrons. The minimum absolute atomic E-state index is 0.322. The van der Waals surface area contributed by atoms with Crippen molar-refractivity contribution in [2.24, 2.45) is 10.8 Å². The molecule has 0 unspecified atom stereocenters. The Bertz CT molecular complexity index is 418. The molecule has 0 saturated heterocycles. The number of nitrogens with one attached hydrogen (secondary N) is 1. The number of aryl methyl sites for hydroxylation is 1. The van der Waals surface area contributed by atoms with Crippen molar-refractivity contribution >= 4 is 0 Å². The average Bonchev–Trinajstić information content (AvgIpc) is 2.66. The number of rotatable bonds is 6. The normalized spacial score (nSPS) is 21.0. The lowest BCUT2D eigenvalue weighted by molar-refractivity contribution is 0.429. The Morgan fingerprint density at radius 3 is 2.42 bits per heavy atom. The molecule has 0 aliphatic heterocycles. The summed E-state index contributed by atoms with van der Waals surface area (Å²) in [6, 6.07) is 0.549. The van der Waals surface area contributed by atoms with Crippen LogP contribution in [-0.4, -0.2) is 17.6 Å². The minimum Gasteiger partial charge on any atom is -0.445 e. The molecular weight excluding hydrogens is 236 g/mol. The molecule has 2 rings (SSSR count). The molecule has 19 heavy (non-hydrogen) atoms. The number of aromatic nitrogens is 1. The summed E-state index contributed by atoms with van der Waals surface area (Å²) < 4.78 is 5.95. The lowest BCUT2D eigenvalue weighted by atomic mass is 10.0. The molecule has 1 aromatic heterocycles. The largest absolute Gasteiger partial charge is 0.445 e. The van der Waals surface area contributed by atoms with E-state index in [-0.39, 0.29) is 0 Å². The fourth-order valence-corrected chi connectivity index (χ4v) is 3.11. The second kappa shape index (κ2) is 4.93. The van der Waals surface area contributed by atoms with E-state index < -0.39 is 0 Å². The zero-order valence-corrected chi connectivity index (χ0v) is 13.2. The summed E-state index contributed by atoms with van der Waals surface area (Å²) in [5.41, 5.74) is 0.645. The highest BCUT2D eigenvalue weighted by Crippen LogP contribution is 2.73. The number of hydrogen-bond donors (Lipinski definition) is 1. The van der Waals surface area contributed by atoms with Crippen molar-refractivity contribution in [1.82, 2.24) is 10.3 Å². The van der Waals surface area contributed by atoms with Crippen molar-refractivity contribution in [3.05, 3.63) is 17.8 Å². The molecule has 108 valence electrons. The third kappa shape index (κ3) is 2.71. The van der Waals surface area contributed by atoms with Crippen molar-refractivity contribution in [2.45, 2.75) is 66.3 Å². The number of nitrogens with zero attached hydrogens (tertiary/aromatic N) is 1. The van der Waals surface area contributed by atoms with Gasteiger partial charge in [-0.25, -0.2) is 4.98 Å². The van der Waals surface area contributed by atoms with Gasteiger partial charge in [-0.2, -0.15) is 0 Å². The predicted octanol–water partition coefficient (Wildman–Crippen LogP) is 3.75. The molecule has 3 heteroatoms. The maximum atomic E-state index is 5.95. The molecule has 0 atom stereocenters. The average molecular weight is 264 g/mol. The Labute approximate surface area is 117 Å². The molecule has 3 nitrogen and oxygen atoms in total. The number of oxazole rings is 1. The Balaban J connectivity index is 1.87. The van der Waals surface area contributed by atoms with Crippen molar-refractivity contribution in [3.8, 4) is 0 Å². The highest BCUT2D eigenvalue weighted by atomic mass is 16.4. The maximum Gasteiger partial charge on any atom is 0.194 e. The molecule has 1 aliphatic rings. The first kappa shape index (κ1) is 14.6. The lowest BCUT2D eigenvalue weighted by Crippen LogP contribution is -2.23. The topological polar surface area (TPSA) is 38.1 Å². The van der Waals surface area contributed by atoms with Gasteiger partial charge in [0.1, 0.15) is 5.76 Å². The van der Waals surface area contributed by atoms with Gasteiger partial charge in [-0.15, -0.1) is 0 Å². The van der Waals surface area contributed by atoms with E-state index in [0.29, 0.717) is 22.8 Å². The predicted molar refractivity (Wildman–Crippen MR) is 78.3 cm³/mol. The second-order valence-electron chi connectivity index (χ2n) is 7.25. The zero-order chi connectivity index (χ0) is 14.3. The van der Waals surface area contributed by atoms with Crippen LogP contribution in [0.15, 0.2) is 10.6 Å². The van der Waals surface area contributed by atoms with E-state index in [4.69, 9.17) is 4.42 Å². The van der Waals surface area contributed by atoms with E-state index in [1.165, 1.54) is 0 Å². The molecule has 1 fully saturated rings. The summed E-state index contributed by atoms with van der Waals surface area (Å²) in [6.07, 6.45) is 3.94. The minimum atomic E-state index is 0.322. The van der Waals surface area contributed by atoms with E-state index in [9.17, 15) is 0 Å². The van der Waals surface area contributed by atoms with Gasteiger partial charge in [0, 0.05) is 18.4 Å². The summed E-state index contributed by atoms with van der Waals surface area (Å²) in [5.74, 6) is 2.47. The van der Waals surface area contributed by atoms with Crippen molar-refractivity contribution < 1.29 is 4.42 Å². The van der Waals surface area contributed by atoms with E-state index in [0.717, 1.165) is 31.0 Å². The van der Waals surface area contributed by atoms with Crippen LogP contribution < -0.4 is 5.32 Å². The van der Waals surface area contributed by atoms with Gasteiger partial charge in [0.25, 0.3) is 0 Å². The van der Waals surface area contributed by atoms with Gasteiger partial charge < -0.3 is 9.73 Å². The molecular formula is C16H28N2O. The van der Waals surface area contributed by atoms with E-state index in [1.54, 1.807) is 0 Å². The third-order valence-corrected chi connectivity index (χ3v) is 5.00. The molecule has 0 aromatic carbocycles. The molecule has 1 saturated carbocycles. The smallest absolute Gasteiger partial charge is 0.194 e. The highest BCUT2D eigenvalue weighted by molar-refractivity contribution is 5.27. The van der Waals surface area contributed by atoms with E-state index >= 15 is 0 Å². The molecule has 1 heterocycles. The zero-order valence-electron chi connectivity index (χ0n) is 13.2. The Morgan fingerprint density at radius 1 is 1.26 bits per heavy atom. The number of hydrogen-bond acceptors (Lipinski definition) is 3. The first-order valence-corrected chi connectivity index (χ1v) is 7.45. The van der Waals surface area contributed by atoms with E-state index in [2.05, 4.69) is 51.8 Å². The van der Waals surface area contributed by atoms with Gasteiger partial charge in [0.2, 0.25) is 0 Å². The van der Waals surface area contributed by atoms with Gasteiger partial charge in [0.05, 0.1) is 6.20 Å². The van der Waals surface area contributed by atoms with Crippen LogP contribution in [0.25, 0.3) is 0 Å². The van der Waals surface area contributed by atoms with Gasteiger partial charge in [-0.3, -0.25) is 0 Å². The molecule has 0 spiro atoms. The van der Waals surface area contributed by atoms with Crippen molar-refractivity contribution in [3.63, 3.8) is 0 Å². The Morgan fingerprint density at radius 2 is 1.89 bits per heavy atom. The molecule has 1 aromatic rings.